The standard InChI is InChI=1S/C14H17N3O2/c18-9-10-4-3-7-17(10)8-13-15-12-6-2-1-5-11(12)14(19)16-13/h1-2,5-6,10,18H,3-4,7-9H2,(H,15,16,19)/t10-/m0/s1. The Labute approximate surface area is 110 Å². The number of aliphatic hydroxyl groups excluding tert-OH is 1. The van der Waals surface area contributed by atoms with Crippen LogP contribution in [0, 0.1) is 0 Å². The van der Waals surface area contributed by atoms with Gasteiger partial charge < -0.3 is 10.1 Å². The number of para-hydroxylation sites is 1. The van der Waals surface area contributed by atoms with Gasteiger partial charge in [0.15, 0.2) is 0 Å². The topological polar surface area (TPSA) is 69.2 Å². The summed E-state index contributed by atoms with van der Waals surface area (Å²) in [5.41, 5.74) is 0.626. The van der Waals surface area contributed by atoms with Crippen molar-refractivity contribution in [2.24, 2.45) is 0 Å². The number of aromatic nitrogens is 2. The summed E-state index contributed by atoms with van der Waals surface area (Å²) in [7, 11) is 0. The molecule has 0 amide bonds. The summed E-state index contributed by atoms with van der Waals surface area (Å²) in [6.45, 7) is 1.70. The molecule has 5 heteroatoms. The van der Waals surface area contributed by atoms with Gasteiger partial charge in [0.05, 0.1) is 24.1 Å². The van der Waals surface area contributed by atoms with E-state index in [4.69, 9.17) is 0 Å². The Morgan fingerprint density at radius 3 is 3.11 bits per heavy atom. The van der Waals surface area contributed by atoms with Crippen LogP contribution < -0.4 is 5.56 Å². The fourth-order valence-electron chi connectivity index (χ4n) is 2.71. The van der Waals surface area contributed by atoms with Crippen LogP contribution in [-0.2, 0) is 6.54 Å². The molecular weight excluding hydrogens is 242 g/mol. The second-order valence-corrected chi connectivity index (χ2v) is 4.98. The van der Waals surface area contributed by atoms with E-state index in [1.807, 2.05) is 18.2 Å². The quantitative estimate of drug-likeness (QED) is 0.858. The van der Waals surface area contributed by atoms with Crippen molar-refractivity contribution in [2.45, 2.75) is 25.4 Å². The van der Waals surface area contributed by atoms with E-state index < -0.39 is 0 Å². The molecule has 0 aliphatic carbocycles. The number of H-pyrrole nitrogens is 1. The summed E-state index contributed by atoms with van der Waals surface area (Å²) in [5, 5.41) is 9.92. The number of nitrogens with zero attached hydrogens (tertiary/aromatic N) is 2. The molecule has 19 heavy (non-hydrogen) atoms. The third-order valence-corrected chi connectivity index (χ3v) is 3.72. The minimum Gasteiger partial charge on any atom is -0.395 e. The van der Waals surface area contributed by atoms with Crippen molar-refractivity contribution in [1.29, 1.82) is 0 Å². The molecule has 0 bridgehead atoms. The van der Waals surface area contributed by atoms with E-state index in [9.17, 15) is 9.90 Å². The number of nitrogens with one attached hydrogen (secondary N) is 1. The zero-order valence-electron chi connectivity index (χ0n) is 10.7. The van der Waals surface area contributed by atoms with Gasteiger partial charge in [-0.25, -0.2) is 4.98 Å². The first-order chi connectivity index (χ1) is 9.28. The van der Waals surface area contributed by atoms with E-state index in [0.29, 0.717) is 17.8 Å². The first-order valence-corrected chi connectivity index (χ1v) is 6.61. The smallest absolute Gasteiger partial charge is 0.258 e. The number of fused-ring (bicyclic) bond motifs is 1. The molecule has 5 nitrogen and oxygen atoms in total. The highest BCUT2D eigenvalue weighted by molar-refractivity contribution is 5.77. The van der Waals surface area contributed by atoms with Crippen LogP contribution in [0.4, 0.5) is 0 Å². The minimum absolute atomic E-state index is 0.0969. The third kappa shape index (κ3) is 2.39. The average Bonchev–Trinajstić information content (AvgIpc) is 2.86. The van der Waals surface area contributed by atoms with Crippen LogP contribution in [0.2, 0.25) is 0 Å². The summed E-state index contributed by atoms with van der Waals surface area (Å²) in [6, 6.07) is 7.53. The average molecular weight is 259 g/mol. The molecule has 1 aliphatic rings. The third-order valence-electron chi connectivity index (χ3n) is 3.72. The van der Waals surface area contributed by atoms with Gasteiger partial charge in [-0.3, -0.25) is 9.69 Å². The monoisotopic (exact) mass is 259 g/mol. The van der Waals surface area contributed by atoms with Crippen molar-refractivity contribution >= 4 is 10.9 Å². The lowest BCUT2D eigenvalue weighted by Crippen LogP contribution is -2.33. The normalized spacial score (nSPS) is 20.2. The molecule has 0 saturated carbocycles. The number of rotatable bonds is 3. The summed E-state index contributed by atoms with van der Waals surface area (Å²) in [6.07, 6.45) is 2.09. The second kappa shape index (κ2) is 5.11. The lowest BCUT2D eigenvalue weighted by atomic mass is 10.2. The number of aromatic amines is 1. The van der Waals surface area contributed by atoms with E-state index in [2.05, 4.69) is 14.9 Å². The molecule has 100 valence electrons. The van der Waals surface area contributed by atoms with E-state index in [1.54, 1.807) is 6.07 Å². The molecule has 1 aliphatic heterocycles. The zero-order chi connectivity index (χ0) is 13.2. The van der Waals surface area contributed by atoms with E-state index in [0.717, 1.165) is 24.9 Å². The molecule has 1 atom stereocenters. The number of benzene rings is 1. The van der Waals surface area contributed by atoms with Gasteiger partial charge in [-0.1, -0.05) is 12.1 Å². The number of likely N-dealkylation sites (tertiary alicyclic amines) is 1. The van der Waals surface area contributed by atoms with Gasteiger partial charge in [-0.15, -0.1) is 0 Å². The second-order valence-electron chi connectivity index (χ2n) is 4.98. The van der Waals surface area contributed by atoms with Gasteiger partial charge in [0, 0.05) is 6.04 Å². The Bertz CT molecular complexity index is 638. The summed E-state index contributed by atoms with van der Waals surface area (Å²) in [4.78, 5) is 21.5. The SMILES string of the molecule is O=c1[nH]c(CN2CCC[C@H]2CO)nc2ccccc12. The maximum atomic E-state index is 12.0. The highest BCUT2D eigenvalue weighted by Gasteiger charge is 2.24. The predicted molar refractivity (Wildman–Crippen MR) is 72.9 cm³/mol. The first kappa shape index (κ1) is 12.3. The Morgan fingerprint density at radius 1 is 1.42 bits per heavy atom. The number of hydrogen-bond donors (Lipinski definition) is 2. The predicted octanol–water partition coefficient (Wildman–Crippen LogP) is 0.880. The largest absolute Gasteiger partial charge is 0.395 e. The molecule has 0 spiro atoms. The van der Waals surface area contributed by atoms with Crippen molar-refractivity contribution in [3.8, 4) is 0 Å². The Kier molecular flexibility index (Phi) is 3.31. The molecule has 0 radical (unpaired) electrons. The Balaban J connectivity index is 1.91. The highest BCUT2D eigenvalue weighted by atomic mass is 16.3. The van der Waals surface area contributed by atoms with Crippen LogP contribution in [0.3, 0.4) is 0 Å². The van der Waals surface area contributed by atoms with Gasteiger partial charge in [0.25, 0.3) is 5.56 Å². The zero-order valence-corrected chi connectivity index (χ0v) is 10.7. The van der Waals surface area contributed by atoms with Crippen LogP contribution in [0.15, 0.2) is 29.1 Å². The number of hydrogen-bond acceptors (Lipinski definition) is 4. The van der Waals surface area contributed by atoms with Crippen molar-refractivity contribution in [3.63, 3.8) is 0 Å². The summed E-state index contributed by atoms with van der Waals surface area (Å²) in [5.74, 6) is 0.670. The molecular formula is C14H17N3O2. The van der Waals surface area contributed by atoms with Crippen molar-refractivity contribution in [3.05, 3.63) is 40.4 Å². The van der Waals surface area contributed by atoms with Crippen LogP contribution in [0.5, 0.6) is 0 Å². The van der Waals surface area contributed by atoms with E-state index in [1.165, 1.54) is 0 Å². The van der Waals surface area contributed by atoms with Crippen molar-refractivity contribution in [2.75, 3.05) is 13.2 Å². The summed E-state index contributed by atoms with van der Waals surface area (Å²) < 4.78 is 0. The maximum absolute atomic E-state index is 12.0. The molecule has 1 aromatic heterocycles. The lowest BCUT2D eigenvalue weighted by molar-refractivity contribution is 0.151. The molecule has 2 aromatic rings. The van der Waals surface area contributed by atoms with Crippen LogP contribution in [-0.4, -0.2) is 39.2 Å². The first-order valence-electron chi connectivity index (χ1n) is 6.61. The Hall–Kier alpha value is -1.72. The highest BCUT2D eigenvalue weighted by Crippen LogP contribution is 2.18. The van der Waals surface area contributed by atoms with Gasteiger partial charge >= 0.3 is 0 Å². The molecule has 1 fully saturated rings. The Morgan fingerprint density at radius 2 is 2.26 bits per heavy atom. The molecule has 1 aromatic carbocycles. The molecule has 0 unspecified atom stereocenters. The molecule has 1 saturated heterocycles. The van der Waals surface area contributed by atoms with E-state index in [-0.39, 0.29) is 18.2 Å². The maximum Gasteiger partial charge on any atom is 0.258 e. The minimum atomic E-state index is -0.0969. The van der Waals surface area contributed by atoms with Crippen molar-refractivity contribution in [1.82, 2.24) is 14.9 Å². The fraction of sp³-hybridized carbons (Fsp3) is 0.429. The van der Waals surface area contributed by atoms with E-state index >= 15 is 0 Å². The van der Waals surface area contributed by atoms with Crippen molar-refractivity contribution < 1.29 is 5.11 Å². The summed E-state index contributed by atoms with van der Waals surface area (Å²) >= 11 is 0. The van der Waals surface area contributed by atoms with Gasteiger partial charge in [-0.2, -0.15) is 0 Å². The lowest BCUT2D eigenvalue weighted by Gasteiger charge is -2.21. The molecule has 2 heterocycles. The van der Waals surface area contributed by atoms with Gasteiger partial charge in [0.2, 0.25) is 0 Å². The van der Waals surface area contributed by atoms with Gasteiger partial charge in [0.1, 0.15) is 5.82 Å². The van der Waals surface area contributed by atoms with Gasteiger partial charge in [-0.05, 0) is 31.5 Å². The van der Waals surface area contributed by atoms with Crippen LogP contribution in [0.25, 0.3) is 10.9 Å². The van der Waals surface area contributed by atoms with Crippen LogP contribution >= 0.6 is 0 Å². The fourth-order valence-corrected chi connectivity index (χ4v) is 2.71. The molecule has 2 N–H and O–H groups in total. The van der Waals surface area contributed by atoms with Crippen LogP contribution in [0.1, 0.15) is 18.7 Å². The number of aliphatic hydroxyl groups is 1. The molecule has 3 rings (SSSR count).